The lowest BCUT2D eigenvalue weighted by Gasteiger charge is -2.09. The van der Waals surface area contributed by atoms with E-state index in [1.165, 1.54) is 5.56 Å². The lowest BCUT2D eigenvalue weighted by molar-refractivity contribution is 0.239. The van der Waals surface area contributed by atoms with Crippen LogP contribution in [0.25, 0.3) is 0 Å². The van der Waals surface area contributed by atoms with E-state index in [1.54, 1.807) is 0 Å². The van der Waals surface area contributed by atoms with E-state index in [1.807, 2.05) is 12.1 Å². The molecule has 4 heteroatoms. The summed E-state index contributed by atoms with van der Waals surface area (Å²) in [5.74, 6) is 0.484. The predicted octanol–water partition coefficient (Wildman–Crippen LogP) is 3.34. The summed E-state index contributed by atoms with van der Waals surface area (Å²) in [4.78, 5) is 11.4. The first-order valence-electron chi connectivity index (χ1n) is 6.34. The van der Waals surface area contributed by atoms with Crippen molar-refractivity contribution in [2.24, 2.45) is 5.92 Å². The number of nitrogens with one attached hydrogen (secondary N) is 2. The van der Waals surface area contributed by atoms with Crippen LogP contribution >= 0.6 is 15.9 Å². The molecule has 1 rings (SSSR count). The van der Waals surface area contributed by atoms with Crippen molar-refractivity contribution >= 4 is 22.0 Å². The van der Waals surface area contributed by atoms with Crippen molar-refractivity contribution in [2.45, 2.75) is 26.7 Å². The molecule has 0 saturated carbocycles. The Balaban J connectivity index is 2.13. The standard InChI is InChI=1S/C14H21BrN2O/c1-11(2)10-17-14(18)16-8-4-6-12-5-3-7-13(15)9-12/h3,5,7,9,11H,4,6,8,10H2,1-2H3,(H2,16,17,18). The minimum absolute atomic E-state index is 0.0713. The van der Waals surface area contributed by atoms with Crippen molar-refractivity contribution in [3.63, 3.8) is 0 Å². The van der Waals surface area contributed by atoms with Gasteiger partial charge in [0.1, 0.15) is 0 Å². The Hall–Kier alpha value is -1.03. The molecule has 2 amide bonds. The number of rotatable bonds is 6. The fraction of sp³-hybridized carbons (Fsp3) is 0.500. The number of hydrogen-bond acceptors (Lipinski definition) is 1. The number of carbonyl (C=O) groups is 1. The molecule has 0 aliphatic carbocycles. The van der Waals surface area contributed by atoms with Gasteiger partial charge in [0.2, 0.25) is 0 Å². The van der Waals surface area contributed by atoms with Crippen LogP contribution in [0.1, 0.15) is 25.8 Å². The Labute approximate surface area is 117 Å². The van der Waals surface area contributed by atoms with E-state index in [0.29, 0.717) is 12.5 Å². The summed E-state index contributed by atoms with van der Waals surface area (Å²) in [5, 5.41) is 5.69. The van der Waals surface area contributed by atoms with Gasteiger partial charge in [0.15, 0.2) is 0 Å². The zero-order chi connectivity index (χ0) is 13.4. The molecule has 18 heavy (non-hydrogen) atoms. The maximum atomic E-state index is 11.4. The number of urea groups is 1. The highest BCUT2D eigenvalue weighted by molar-refractivity contribution is 9.10. The molecule has 0 atom stereocenters. The molecule has 1 aromatic rings. The van der Waals surface area contributed by atoms with E-state index >= 15 is 0 Å². The van der Waals surface area contributed by atoms with Gasteiger partial charge in [-0.2, -0.15) is 0 Å². The van der Waals surface area contributed by atoms with Crippen LogP contribution in [0, 0.1) is 5.92 Å². The van der Waals surface area contributed by atoms with Crippen LogP contribution in [0.4, 0.5) is 4.79 Å². The van der Waals surface area contributed by atoms with Crippen molar-refractivity contribution in [3.8, 4) is 0 Å². The normalized spacial score (nSPS) is 10.4. The van der Waals surface area contributed by atoms with E-state index in [4.69, 9.17) is 0 Å². The zero-order valence-corrected chi connectivity index (χ0v) is 12.6. The third-order valence-corrected chi connectivity index (χ3v) is 2.98. The fourth-order valence-electron chi connectivity index (χ4n) is 1.55. The van der Waals surface area contributed by atoms with Gasteiger partial charge in [0.05, 0.1) is 0 Å². The molecular formula is C14H21BrN2O. The lowest BCUT2D eigenvalue weighted by Crippen LogP contribution is -2.37. The van der Waals surface area contributed by atoms with Gasteiger partial charge in [-0.15, -0.1) is 0 Å². The Morgan fingerprint density at radius 1 is 1.33 bits per heavy atom. The summed E-state index contributed by atoms with van der Waals surface area (Å²) in [5.41, 5.74) is 1.29. The maximum absolute atomic E-state index is 11.4. The second-order valence-corrected chi connectivity index (χ2v) is 5.68. The summed E-state index contributed by atoms with van der Waals surface area (Å²) in [7, 11) is 0. The molecule has 0 aliphatic heterocycles. The van der Waals surface area contributed by atoms with Crippen LogP contribution in [0.3, 0.4) is 0 Å². The highest BCUT2D eigenvalue weighted by atomic mass is 79.9. The molecule has 0 heterocycles. The van der Waals surface area contributed by atoms with E-state index in [-0.39, 0.29) is 6.03 Å². The first-order chi connectivity index (χ1) is 8.58. The van der Waals surface area contributed by atoms with Crippen molar-refractivity contribution in [1.82, 2.24) is 10.6 Å². The highest BCUT2D eigenvalue weighted by Gasteiger charge is 2.00. The largest absolute Gasteiger partial charge is 0.338 e. The van der Waals surface area contributed by atoms with Gasteiger partial charge < -0.3 is 10.6 Å². The molecule has 0 radical (unpaired) electrons. The van der Waals surface area contributed by atoms with Gasteiger partial charge in [-0.05, 0) is 36.5 Å². The second-order valence-electron chi connectivity index (χ2n) is 4.76. The van der Waals surface area contributed by atoms with E-state index in [0.717, 1.165) is 23.9 Å². The molecule has 3 nitrogen and oxygen atoms in total. The minimum atomic E-state index is -0.0713. The first kappa shape index (κ1) is 15.0. The van der Waals surface area contributed by atoms with E-state index in [9.17, 15) is 4.79 Å². The van der Waals surface area contributed by atoms with Crippen LogP contribution in [-0.4, -0.2) is 19.1 Å². The molecule has 0 fully saturated rings. The Kier molecular flexibility index (Phi) is 6.80. The SMILES string of the molecule is CC(C)CNC(=O)NCCCc1cccc(Br)c1. The molecule has 0 unspecified atom stereocenters. The summed E-state index contributed by atoms with van der Waals surface area (Å²) in [6.45, 7) is 5.58. The number of aryl methyl sites for hydroxylation is 1. The highest BCUT2D eigenvalue weighted by Crippen LogP contribution is 2.12. The van der Waals surface area contributed by atoms with Crippen LogP contribution in [0.5, 0.6) is 0 Å². The molecule has 100 valence electrons. The van der Waals surface area contributed by atoms with E-state index < -0.39 is 0 Å². The van der Waals surface area contributed by atoms with Gasteiger partial charge >= 0.3 is 6.03 Å². The smallest absolute Gasteiger partial charge is 0.314 e. The summed E-state index contributed by atoms with van der Waals surface area (Å²) < 4.78 is 1.10. The molecule has 0 saturated heterocycles. The third-order valence-electron chi connectivity index (χ3n) is 2.49. The fourth-order valence-corrected chi connectivity index (χ4v) is 1.99. The number of halogens is 1. The minimum Gasteiger partial charge on any atom is -0.338 e. The maximum Gasteiger partial charge on any atom is 0.314 e. The summed E-state index contributed by atoms with van der Waals surface area (Å²) >= 11 is 3.45. The lowest BCUT2D eigenvalue weighted by atomic mass is 10.1. The summed E-state index contributed by atoms with van der Waals surface area (Å²) in [6.07, 6.45) is 1.93. The average Bonchev–Trinajstić information content (AvgIpc) is 2.32. The predicted molar refractivity (Wildman–Crippen MR) is 78.7 cm³/mol. The third kappa shape index (κ3) is 6.64. The van der Waals surface area contributed by atoms with Crippen molar-refractivity contribution in [3.05, 3.63) is 34.3 Å². The van der Waals surface area contributed by atoms with Gasteiger partial charge in [0, 0.05) is 17.6 Å². The van der Waals surface area contributed by atoms with Crippen LogP contribution in [0.15, 0.2) is 28.7 Å². The first-order valence-corrected chi connectivity index (χ1v) is 7.13. The molecule has 0 bridgehead atoms. The van der Waals surface area contributed by atoms with Crippen LogP contribution in [-0.2, 0) is 6.42 Å². The van der Waals surface area contributed by atoms with Gasteiger partial charge in [-0.1, -0.05) is 41.9 Å². The van der Waals surface area contributed by atoms with Gasteiger partial charge in [0.25, 0.3) is 0 Å². The topological polar surface area (TPSA) is 41.1 Å². The Morgan fingerprint density at radius 2 is 2.11 bits per heavy atom. The number of amides is 2. The van der Waals surface area contributed by atoms with Crippen molar-refractivity contribution in [1.29, 1.82) is 0 Å². The van der Waals surface area contributed by atoms with E-state index in [2.05, 4.69) is 52.5 Å². The van der Waals surface area contributed by atoms with Crippen LogP contribution < -0.4 is 10.6 Å². The number of benzene rings is 1. The molecule has 0 aliphatic rings. The number of hydrogen-bond donors (Lipinski definition) is 2. The zero-order valence-electron chi connectivity index (χ0n) is 11.0. The van der Waals surface area contributed by atoms with Gasteiger partial charge in [-0.25, -0.2) is 4.79 Å². The quantitative estimate of drug-likeness (QED) is 0.777. The average molecular weight is 313 g/mol. The molecular weight excluding hydrogens is 292 g/mol. The molecule has 0 spiro atoms. The molecule has 0 aromatic heterocycles. The second kappa shape index (κ2) is 8.14. The monoisotopic (exact) mass is 312 g/mol. The Bertz CT molecular complexity index is 380. The molecule has 2 N–H and O–H groups in total. The van der Waals surface area contributed by atoms with Crippen LogP contribution in [0.2, 0.25) is 0 Å². The number of carbonyl (C=O) groups excluding carboxylic acids is 1. The summed E-state index contributed by atoms with van der Waals surface area (Å²) in [6, 6.07) is 8.18. The Morgan fingerprint density at radius 3 is 2.78 bits per heavy atom. The molecule has 1 aromatic carbocycles. The van der Waals surface area contributed by atoms with Crippen molar-refractivity contribution < 1.29 is 4.79 Å². The van der Waals surface area contributed by atoms with Gasteiger partial charge in [-0.3, -0.25) is 0 Å². The van der Waals surface area contributed by atoms with Crippen molar-refractivity contribution in [2.75, 3.05) is 13.1 Å².